The quantitative estimate of drug-likeness (QED) is 0.718. The van der Waals surface area contributed by atoms with Crippen molar-refractivity contribution < 1.29 is 9.52 Å². The second-order valence-electron chi connectivity index (χ2n) is 4.10. The van der Waals surface area contributed by atoms with E-state index in [9.17, 15) is 5.11 Å². The molecule has 18 heavy (non-hydrogen) atoms. The highest BCUT2D eigenvalue weighted by Crippen LogP contribution is 2.27. The molecule has 0 aliphatic heterocycles. The van der Waals surface area contributed by atoms with Gasteiger partial charge in [0.2, 0.25) is 0 Å². The Morgan fingerprint density at radius 2 is 1.50 bits per heavy atom. The van der Waals surface area contributed by atoms with Crippen LogP contribution in [0, 0.1) is 0 Å². The summed E-state index contributed by atoms with van der Waals surface area (Å²) in [6.45, 7) is 0. The maximum absolute atomic E-state index is 9.29. The summed E-state index contributed by atoms with van der Waals surface area (Å²) in [6.07, 6.45) is 1.67. The van der Waals surface area contributed by atoms with Crippen LogP contribution in [0.1, 0.15) is 0 Å². The van der Waals surface area contributed by atoms with E-state index in [1.54, 1.807) is 18.4 Å². The molecule has 88 valence electrons. The molecular weight excluding hydrogens is 224 g/mol. The van der Waals surface area contributed by atoms with E-state index in [-0.39, 0.29) is 5.75 Å². The first kappa shape index (κ1) is 10.7. The van der Waals surface area contributed by atoms with Gasteiger partial charge in [-0.05, 0) is 41.5 Å². The van der Waals surface area contributed by atoms with Gasteiger partial charge in [0.25, 0.3) is 0 Å². The fourth-order valence-corrected chi connectivity index (χ4v) is 1.95. The van der Waals surface area contributed by atoms with Crippen LogP contribution < -0.4 is 0 Å². The van der Waals surface area contributed by atoms with Crippen molar-refractivity contribution in [2.75, 3.05) is 0 Å². The highest BCUT2D eigenvalue weighted by Gasteiger charge is 2.03. The van der Waals surface area contributed by atoms with Crippen molar-refractivity contribution in [3.8, 4) is 28.2 Å². The highest BCUT2D eigenvalue weighted by molar-refractivity contribution is 5.71. The number of phenolic OH excluding ortho intramolecular Hbond substituents is 1. The summed E-state index contributed by atoms with van der Waals surface area (Å²) in [5.74, 6) is 1.14. The maximum Gasteiger partial charge on any atom is 0.133 e. The normalized spacial score (nSPS) is 10.4. The van der Waals surface area contributed by atoms with Gasteiger partial charge in [0.05, 0.1) is 6.26 Å². The second-order valence-corrected chi connectivity index (χ2v) is 4.10. The van der Waals surface area contributed by atoms with Gasteiger partial charge < -0.3 is 9.52 Å². The number of hydrogen-bond donors (Lipinski definition) is 1. The molecule has 0 aliphatic rings. The Labute approximate surface area is 105 Å². The lowest BCUT2D eigenvalue weighted by Crippen LogP contribution is -1.79. The van der Waals surface area contributed by atoms with Gasteiger partial charge in [-0.1, -0.05) is 30.3 Å². The zero-order chi connectivity index (χ0) is 12.4. The molecule has 3 rings (SSSR count). The summed E-state index contributed by atoms with van der Waals surface area (Å²) in [6, 6.07) is 19.1. The predicted octanol–water partition coefficient (Wildman–Crippen LogP) is 4.32. The van der Waals surface area contributed by atoms with Gasteiger partial charge in [0, 0.05) is 5.56 Å². The molecule has 0 radical (unpaired) electrons. The van der Waals surface area contributed by atoms with Crippen LogP contribution in [0.5, 0.6) is 5.75 Å². The van der Waals surface area contributed by atoms with Crippen LogP contribution in [-0.4, -0.2) is 5.11 Å². The van der Waals surface area contributed by atoms with Gasteiger partial charge >= 0.3 is 0 Å². The Hall–Kier alpha value is -2.48. The molecule has 0 saturated heterocycles. The Morgan fingerprint density at radius 1 is 0.722 bits per heavy atom. The molecule has 1 heterocycles. The monoisotopic (exact) mass is 236 g/mol. The van der Waals surface area contributed by atoms with Crippen LogP contribution in [0.3, 0.4) is 0 Å². The lowest BCUT2D eigenvalue weighted by atomic mass is 10.0. The van der Waals surface area contributed by atoms with Gasteiger partial charge in [-0.15, -0.1) is 0 Å². The van der Waals surface area contributed by atoms with Crippen LogP contribution in [0.2, 0.25) is 0 Å². The van der Waals surface area contributed by atoms with Crippen molar-refractivity contribution in [2.45, 2.75) is 0 Å². The number of aromatic hydroxyl groups is 1. The standard InChI is InChI=1S/C16H12O2/c17-15-8-6-12(7-9-15)13-3-1-4-14(11-13)16-5-2-10-18-16/h1-11,17H. The van der Waals surface area contributed by atoms with Gasteiger partial charge in [0.15, 0.2) is 0 Å². The van der Waals surface area contributed by atoms with Crippen molar-refractivity contribution in [3.05, 3.63) is 66.9 Å². The molecule has 2 heteroatoms. The van der Waals surface area contributed by atoms with Gasteiger partial charge in [-0.3, -0.25) is 0 Å². The number of hydrogen-bond acceptors (Lipinski definition) is 2. The maximum atomic E-state index is 9.29. The van der Waals surface area contributed by atoms with Crippen LogP contribution in [-0.2, 0) is 0 Å². The van der Waals surface area contributed by atoms with Crippen LogP contribution in [0.4, 0.5) is 0 Å². The van der Waals surface area contributed by atoms with Gasteiger partial charge in [-0.2, -0.15) is 0 Å². The molecule has 0 fully saturated rings. The van der Waals surface area contributed by atoms with E-state index in [1.807, 2.05) is 42.5 Å². The van der Waals surface area contributed by atoms with E-state index in [4.69, 9.17) is 4.42 Å². The average Bonchev–Trinajstić information content (AvgIpc) is 2.94. The molecule has 0 amide bonds. The lowest BCUT2D eigenvalue weighted by molar-refractivity contribution is 0.475. The third kappa shape index (κ3) is 2.00. The predicted molar refractivity (Wildman–Crippen MR) is 71.2 cm³/mol. The molecule has 2 aromatic carbocycles. The van der Waals surface area contributed by atoms with Gasteiger partial charge in [-0.25, -0.2) is 0 Å². The number of rotatable bonds is 2. The Morgan fingerprint density at radius 3 is 2.22 bits per heavy atom. The van der Waals surface area contributed by atoms with Crippen molar-refractivity contribution in [1.29, 1.82) is 0 Å². The molecule has 0 atom stereocenters. The van der Waals surface area contributed by atoms with E-state index >= 15 is 0 Å². The van der Waals surface area contributed by atoms with Crippen molar-refractivity contribution >= 4 is 0 Å². The first-order valence-corrected chi connectivity index (χ1v) is 5.76. The summed E-state index contributed by atoms with van der Waals surface area (Å²) < 4.78 is 5.39. The minimum Gasteiger partial charge on any atom is -0.508 e. The fraction of sp³-hybridized carbons (Fsp3) is 0. The van der Waals surface area contributed by atoms with Crippen molar-refractivity contribution in [3.63, 3.8) is 0 Å². The highest BCUT2D eigenvalue weighted by atomic mass is 16.3. The van der Waals surface area contributed by atoms with Crippen LogP contribution in [0.25, 0.3) is 22.5 Å². The molecule has 1 aromatic heterocycles. The Kier molecular flexibility index (Phi) is 2.61. The number of furan rings is 1. The van der Waals surface area contributed by atoms with Crippen LogP contribution >= 0.6 is 0 Å². The molecule has 0 spiro atoms. The summed E-state index contributed by atoms with van der Waals surface area (Å²) in [5, 5.41) is 9.29. The average molecular weight is 236 g/mol. The fourth-order valence-electron chi connectivity index (χ4n) is 1.95. The third-order valence-electron chi connectivity index (χ3n) is 2.87. The SMILES string of the molecule is Oc1ccc(-c2cccc(-c3ccco3)c2)cc1. The zero-order valence-electron chi connectivity index (χ0n) is 9.71. The Bertz CT molecular complexity index is 637. The first-order valence-electron chi connectivity index (χ1n) is 5.76. The molecule has 0 bridgehead atoms. The van der Waals surface area contributed by atoms with E-state index in [1.165, 1.54) is 0 Å². The van der Waals surface area contributed by atoms with Gasteiger partial charge in [0.1, 0.15) is 11.5 Å². The molecule has 2 nitrogen and oxygen atoms in total. The van der Waals surface area contributed by atoms with E-state index in [2.05, 4.69) is 6.07 Å². The molecule has 3 aromatic rings. The third-order valence-corrected chi connectivity index (χ3v) is 2.87. The van der Waals surface area contributed by atoms with E-state index in [0.717, 1.165) is 22.5 Å². The molecule has 1 N–H and O–H groups in total. The first-order chi connectivity index (χ1) is 8.83. The van der Waals surface area contributed by atoms with E-state index in [0.29, 0.717) is 0 Å². The van der Waals surface area contributed by atoms with Crippen molar-refractivity contribution in [2.24, 2.45) is 0 Å². The minimum absolute atomic E-state index is 0.279. The number of phenols is 1. The number of benzene rings is 2. The Balaban J connectivity index is 2.03. The molecular formula is C16H12O2. The van der Waals surface area contributed by atoms with Crippen LogP contribution in [0.15, 0.2) is 71.3 Å². The summed E-state index contributed by atoms with van der Waals surface area (Å²) in [5.41, 5.74) is 3.22. The molecule has 0 aliphatic carbocycles. The smallest absolute Gasteiger partial charge is 0.133 e. The largest absolute Gasteiger partial charge is 0.508 e. The second kappa shape index (κ2) is 4.41. The summed E-state index contributed by atoms with van der Waals surface area (Å²) >= 11 is 0. The molecule has 0 saturated carbocycles. The van der Waals surface area contributed by atoms with Crippen molar-refractivity contribution in [1.82, 2.24) is 0 Å². The zero-order valence-corrected chi connectivity index (χ0v) is 9.71. The lowest BCUT2D eigenvalue weighted by Gasteiger charge is -2.04. The van der Waals surface area contributed by atoms with E-state index < -0.39 is 0 Å². The minimum atomic E-state index is 0.279. The topological polar surface area (TPSA) is 33.4 Å². The molecule has 0 unspecified atom stereocenters. The summed E-state index contributed by atoms with van der Waals surface area (Å²) in [7, 11) is 0. The summed E-state index contributed by atoms with van der Waals surface area (Å²) in [4.78, 5) is 0.